The van der Waals surface area contributed by atoms with Gasteiger partial charge in [0, 0.05) is 19.1 Å². The Morgan fingerprint density at radius 1 is 1.13 bits per heavy atom. The molecule has 2 nitrogen and oxygen atoms in total. The lowest BCUT2D eigenvalue weighted by Crippen LogP contribution is -2.44. The summed E-state index contributed by atoms with van der Waals surface area (Å²) in [7, 11) is 0. The first-order valence-electron chi connectivity index (χ1n) is 6.80. The second kappa shape index (κ2) is 5.86. The third-order valence-electron chi connectivity index (χ3n) is 3.88. The topological polar surface area (TPSA) is 15.3 Å². The summed E-state index contributed by atoms with van der Waals surface area (Å²) < 4.78 is 0. The number of likely N-dealkylation sites (tertiary alicyclic amines) is 1. The van der Waals surface area contributed by atoms with E-state index in [-0.39, 0.29) is 0 Å². The SMILES string of the molecule is C[C@H]1CCCN(C[C@H]2CCCCCN2)C1. The van der Waals surface area contributed by atoms with Crippen LogP contribution in [0.25, 0.3) is 0 Å². The molecule has 2 saturated heterocycles. The Morgan fingerprint density at radius 3 is 2.93 bits per heavy atom. The minimum absolute atomic E-state index is 0.776. The number of rotatable bonds is 2. The fourth-order valence-electron chi connectivity index (χ4n) is 3.02. The van der Waals surface area contributed by atoms with E-state index in [0.29, 0.717) is 0 Å². The van der Waals surface area contributed by atoms with E-state index in [2.05, 4.69) is 17.1 Å². The van der Waals surface area contributed by atoms with Crippen molar-refractivity contribution < 1.29 is 0 Å². The summed E-state index contributed by atoms with van der Waals surface area (Å²) in [5.74, 6) is 0.921. The molecule has 0 aromatic rings. The molecule has 0 saturated carbocycles. The zero-order valence-corrected chi connectivity index (χ0v) is 10.2. The molecule has 1 N–H and O–H groups in total. The zero-order chi connectivity index (χ0) is 10.5. The molecule has 15 heavy (non-hydrogen) atoms. The maximum atomic E-state index is 3.70. The summed E-state index contributed by atoms with van der Waals surface area (Å²) >= 11 is 0. The molecule has 2 fully saturated rings. The monoisotopic (exact) mass is 210 g/mol. The molecule has 0 aromatic heterocycles. The van der Waals surface area contributed by atoms with Crippen LogP contribution in [0.2, 0.25) is 0 Å². The lowest BCUT2D eigenvalue weighted by atomic mass is 9.99. The van der Waals surface area contributed by atoms with Crippen LogP contribution in [0.5, 0.6) is 0 Å². The van der Waals surface area contributed by atoms with E-state index in [1.165, 1.54) is 64.7 Å². The van der Waals surface area contributed by atoms with Gasteiger partial charge in [0.2, 0.25) is 0 Å². The van der Waals surface area contributed by atoms with Crippen LogP contribution in [0.1, 0.15) is 45.4 Å². The quantitative estimate of drug-likeness (QED) is 0.752. The number of hydrogen-bond acceptors (Lipinski definition) is 2. The first kappa shape index (κ1) is 11.4. The smallest absolute Gasteiger partial charge is 0.0195 e. The Balaban J connectivity index is 1.74. The molecule has 2 atom stereocenters. The maximum Gasteiger partial charge on any atom is 0.0195 e. The number of nitrogens with one attached hydrogen (secondary N) is 1. The molecule has 88 valence electrons. The summed E-state index contributed by atoms with van der Waals surface area (Å²) in [4.78, 5) is 2.68. The minimum Gasteiger partial charge on any atom is -0.313 e. The van der Waals surface area contributed by atoms with Crippen LogP contribution in [0, 0.1) is 5.92 Å². The number of piperidine rings is 1. The van der Waals surface area contributed by atoms with Gasteiger partial charge in [0.25, 0.3) is 0 Å². The predicted molar refractivity (Wildman–Crippen MR) is 65.1 cm³/mol. The van der Waals surface area contributed by atoms with Gasteiger partial charge in [-0.15, -0.1) is 0 Å². The van der Waals surface area contributed by atoms with Crippen molar-refractivity contribution in [2.45, 2.75) is 51.5 Å². The van der Waals surface area contributed by atoms with Crippen LogP contribution in [0.4, 0.5) is 0 Å². The van der Waals surface area contributed by atoms with Crippen LogP contribution >= 0.6 is 0 Å². The van der Waals surface area contributed by atoms with Crippen molar-refractivity contribution in [3.05, 3.63) is 0 Å². The summed E-state index contributed by atoms with van der Waals surface area (Å²) in [5, 5.41) is 3.70. The van der Waals surface area contributed by atoms with Crippen molar-refractivity contribution in [1.29, 1.82) is 0 Å². The zero-order valence-electron chi connectivity index (χ0n) is 10.2. The van der Waals surface area contributed by atoms with E-state index in [1.54, 1.807) is 0 Å². The minimum atomic E-state index is 0.776. The van der Waals surface area contributed by atoms with Crippen molar-refractivity contribution in [3.8, 4) is 0 Å². The fraction of sp³-hybridized carbons (Fsp3) is 1.00. The standard InChI is InChI=1S/C13H26N2/c1-12-6-5-9-15(10-12)11-13-7-3-2-4-8-14-13/h12-14H,2-11H2,1H3/t12-,13+/m0/s1. The molecule has 0 spiro atoms. The fourth-order valence-corrected chi connectivity index (χ4v) is 3.02. The molecule has 0 aromatic carbocycles. The van der Waals surface area contributed by atoms with Crippen LogP contribution in [0.15, 0.2) is 0 Å². The number of nitrogens with zero attached hydrogens (tertiary/aromatic N) is 1. The van der Waals surface area contributed by atoms with Crippen molar-refractivity contribution in [1.82, 2.24) is 10.2 Å². The molecule has 2 aliphatic rings. The Hall–Kier alpha value is -0.0800. The third-order valence-corrected chi connectivity index (χ3v) is 3.88. The van der Waals surface area contributed by atoms with Gasteiger partial charge in [-0.2, -0.15) is 0 Å². The largest absolute Gasteiger partial charge is 0.313 e. The van der Waals surface area contributed by atoms with E-state index in [1.807, 2.05) is 0 Å². The van der Waals surface area contributed by atoms with E-state index in [4.69, 9.17) is 0 Å². The lowest BCUT2D eigenvalue weighted by Gasteiger charge is -2.33. The molecule has 0 bridgehead atoms. The van der Waals surface area contributed by atoms with Gasteiger partial charge in [-0.3, -0.25) is 0 Å². The highest BCUT2D eigenvalue weighted by Crippen LogP contribution is 2.17. The Labute approximate surface area is 94.4 Å². The van der Waals surface area contributed by atoms with Gasteiger partial charge in [0.15, 0.2) is 0 Å². The maximum absolute atomic E-state index is 3.70. The van der Waals surface area contributed by atoms with Gasteiger partial charge in [-0.25, -0.2) is 0 Å². The normalized spacial score (nSPS) is 35.0. The highest BCUT2D eigenvalue weighted by Gasteiger charge is 2.20. The van der Waals surface area contributed by atoms with E-state index in [0.717, 1.165) is 12.0 Å². The highest BCUT2D eigenvalue weighted by atomic mass is 15.2. The average Bonchev–Trinajstić information content (AvgIpc) is 2.46. The van der Waals surface area contributed by atoms with Crippen molar-refractivity contribution in [2.24, 2.45) is 5.92 Å². The summed E-state index contributed by atoms with van der Waals surface area (Å²) in [5.41, 5.74) is 0. The predicted octanol–water partition coefficient (Wildman–Crippen LogP) is 2.25. The third kappa shape index (κ3) is 3.76. The summed E-state index contributed by atoms with van der Waals surface area (Å²) in [6.07, 6.45) is 8.49. The molecule has 2 heterocycles. The van der Waals surface area contributed by atoms with Gasteiger partial charge in [-0.1, -0.05) is 19.8 Å². The molecular formula is C13H26N2. The molecule has 2 rings (SSSR count). The lowest BCUT2D eigenvalue weighted by molar-refractivity contribution is 0.165. The molecular weight excluding hydrogens is 184 g/mol. The molecule has 0 unspecified atom stereocenters. The summed E-state index contributed by atoms with van der Waals surface area (Å²) in [6.45, 7) is 7.60. The van der Waals surface area contributed by atoms with Crippen LogP contribution in [0.3, 0.4) is 0 Å². The van der Waals surface area contributed by atoms with Crippen molar-refractivity contribution in [3.63, 3.8) is 0 Å². The van der Waals surface area contributed by atoms with E-state index >= 15 is 0 Å². The van der Waals surface area contributed by atoms with Gasteiger partial charge in [0.05, 0.1) is 0 Å². The molecule has 0 amide bonds. The van der Waals surface area contributed by atoms with Gasteiger partial charge in [-0.05, 0) is 44.7 Å². The van der Waals surface area contributed by atoms with Gasteiger partial charge in [0.1, 0.15) is 0 Å². The highest BCUT2D eigenvalue weighted by molar-refractivity contribution is 4.78. The van der Waals surface area contributed by atoms with Gasteiger partial charge < -0.3 is 10.2 Å². The average molecular weight is 210 g/mol. The number of hydrogen-bond donors (Lipinski definition) is 1. The van der Waals surface area contributed by atoms with E-state index < -0.39 is 0 Å². The second-order valence-electron chi connectivity index (χ2n) is 5.51. The molecule has 0 radical (unpaired) electrons. The van der Waals surface area contributed by atoms with Crippen LogP contribution in [-0.4, -0.2) is 37.1 Å². The van der Waals surface area contributed by atoms with Crippen LogP contribution < -0.4 is 5.32 Å². The van der Waals surface area contributed by atoms with Crippen molar-refractivity contribution >= 4 is 0 Å². The van der Waals surface area contributed by atoms with Crippen molar-refractivity contribution in [2.75, 3.05) is 26.2 Å². The molecule has 0 aliphatic carbocycles. The second-order valence-corrected chi connectivity index (χ2v) is 5.51. The van der Waals surface area contributed by atoms with E-state index in [9.17, 15) is 0 Å². The first-order valence-corrected chi connectivity index (χ1v) is 6.80. The Morgan fingerprint density at radius 2 is 2.07 bits per heavy atom. The Kier molecular flexibility index (Phi) is 4.45. The molecule has 2 heteroatoms. The summed E-state index contributed by atoms with van der Waals surface area (Å²) in [6, 6.07) is 0.776. The first-order chi connectivity index (χ1) is 7.34. The molecule has 2 aliphatic heterocycles. The van der Waals surface area contributed by atoms with Crippen LogP contribution in [-0.2, 0) is 0 Å². The van der Waals surface area contributed by atoms with Gasteiger partial charge >= 0.3 is 0 Å². The Bertz CT molecular complexity index is 173.